The molecule has 0 aliphatic heterocycles. The van der Waals surface area contributed by atoms with Gasteiger partial charge >= 0.3 is 0 Å². The summed E-state index contributed by atoms with van der Waals surface area (Å²) in [5, 5.41) is 11.3. The zero-order valence-electron chi connectivity index (χ0n) is 11.7. The van der Waals surface area contributed by atoms with Crippen molar-refractivity contribution in [2.45, 2.75) is 13.3 Å². The third kappa shape index (κ3) is 5.07. The van der Waals surface area contributed by atoms with Crippen molar-refractivity contribution >= 4 is 11.6 Å². The van der Waals surface area contributed by atoms with Gasteiger partial charge in [-0.15, -0.1) is 0 Å². The normalized spacial score (nSPS) is 10.3. The lowest BCUT2D eigenvalue weighted by atomic mass is 10.1. The van der Waals surface area contributed by atoms with Crippen LogP contribution in [0.2, 0.25) is 0 Å². The van der Waals surface area contributed by atoms with Gasteiger partial charge in [0.1, 0.15) is 11.3 Å². The molecular formula is C14H22N2O4. The zero-order chi connectivity index (χ0) is 14.8. The Hall–Kier alpha value is -1.79. The van der Waals surface area contributed by atoms with Crippen LogP contribution in [0.5, 0.6) is 5.75 Å². The number of nitrogen functional groups attached to an aromatic ring is 1. The molecule has 0 radical (unpaired) electrons. The maximum absolute atomic E-state index is 12.1. The second-order valence-corrected chi connectivity index (χ2v) is 4.10. The number of nitrogens with two attached hydrogens (primary N) is 1. The number of hydrogen-bond acceptors (Lipinski definition) is 5. The van der Waals surface area contributed by atoms with E-state index in [9.17, 15) is 4.79 Å². The maximum Gasteiger partial charge on any atom is 0.257 e. The fraction of sp³-hybridized carbons (Fsp3) is 0.500. The fourth-order valence-corrected chi connectivity index (χ4v) is 1.70. The molecule has 0 unspecified atom stereocenters. The van der Waals surface area contributed by atoms with E-state index in [-0.39, 0.29) is 12.5 Å². The van der Waals surface area contributed by atoms with Gasteiger partial charge in [-0.3, -0.25) is 4.79 Å². The molecule has 0 saturated carbocycles. The second kappa shape index (κ2) is 9.17. The van der Waals surface area contributed by atoms with Gasteiger partial charge in [-0.25, -0.2) is 0 Å². The van der Waals surface area contributed by atoms with Gasteiger partial charge in [0, 0.05) is 18.8 Å². The molecule has 1 aromatic rings. The Kier molecular flexibility index (Phi) is 7.46. The van der Waals surface area contributed by atoms with Crippen molar-refractivity contribution in [3.8, 4) is 5.75 Å². The minimum Gasteiger partial charge on any atom is -0.493 e. The number of carbonyl (C=O) groups is 1. The highest BCUT2D eigenvalue weighted by Crippen LogP contribution is 2.24. The Balaban J connectivity index is 2.50. The molecule has 4 N–H and O–H groups in total. The fourth-order valence-electron chi connectivity index (χ4n) is 1.70. The molecule has 0 bridgehead atoms. The highest BCUT2D eigenvalue weighted by Gasteiger charge is 2.15. The first kappa shape index (κ1) is 16.3. The lowest BCUT2D eigenvalue weighted by Crippen LogP contribution is -2.26. The third-order valence-corrected chi connectivity index (χ3v) is 2.57. The Morgan fingerprint density at radius 2 is 2.20 bits per heavy atom. The number of aliphatic hydroxyl groups excluding tert-OH is 1. The SMILES string of the molecule is CCOc1cccc(N)c1C(=O)NCCCOCCO. The van der Waals surface area contributed by atoms with Crippen LogP contribution in [0.1, 0.15) is 23.7 Å². The van der Waals surface area contributed by atoms with E-state index in [1.54, 1.807) is 18.2 Å². The summed E-state index contributed by atoms with van der Waals surface area (Å²) in [5.41, 5.74) is 6.59. The van der Waals surface area contributed by atoms with Crippen molar-refractivity contribution in [2.24, 2.45) is 0 Å². The van der Waals surface area contributed by atoms with Crippen molar-refractivity contribution in [1.29, 1.82) is 0 Å². The average Bonchev–Trinajstić information content (AvgIpc) is 2.43. The summed E-state index contributed by atoms with van der Waals surface area (Å²) in [6.07, 6.45) is 0.669. The van der Waals surface area contributed by atoms with Gasteiger partial charge in [0.15, 0.2) is 0 Å². The third-order valence-electron chi connectivity index (χ3n) is 2.57. The monoisotopic (exact) mass is 282 g/mol. The molecule has 0 aliphatic carbocycles. The number of rotatable bonds is 9. The van der Waals surface area contributed by atoms with Crippen LogP contribution in [0.15, 0.2) is 18.2 Å². The smallest absolute Gasteiger partial charge is 0.257 e. The van der Waals surface area contributed by atoms with E-state index in [1.807, 2.05) is 6.92 Å². The van der Waals surface area contributed by atoms with Crippen molar-refractivity contribution < 1.29 is 19.4 Å². The number of amides is 1. The molecule has 0 aromatic heterocycles. The van der Waals surface area contributed by atoms with E-state index in [2.05, 4.69) is 5.32 Å². The van der Waals surface area contributed by atoms with Crippen LogP contribution in [0.25, 0.3) is 0 Å². The van der Waals surface area contributed by atoms with E-state index in [0.29, 0.717) is 49.8 Å². The minimum atomic E-state index is -0.256. The number of aliphatic hydroxyl groups is 1. The van der Waals surface area contributed by atoms with E-state index in [0.717, 1.165) is 0 Å². The van der Waals surface area contributed by atoms with Gasteiger partial charge < -0.3 is 25.6 Å². The summed E-state index contributed by atoms with van der Waals surface area (Å²) in [5.74, 6) is 0.232. The molecule has 20 heavy (non-hydrogen) atoms. The molecule has 0 atom stereocenters. The second-order valence-electron chi connectivity index (χ2n) is 4.10. The molecule has 0 spiro atoms. The van der Waals surface area contributed by atoms with Gasteiger partial charge in [-0.05, 0) is 25.5 Å². The number of ether oxygens (including phenoxy) is 2. The molecule has 6 heteroatoms. The standard InChI is InChI=1S/C14H22N2O4/c1-2-20-12-6-3-5-11(15)13(12)14(18)16-7-4-9-19-10-8-17/h3,5-6,17H,2,4,7-10,15H2,1H3,(H,16,18). The zero-order valence-corrected chi connectivity index (χ0v) is 11.7. The summed E-state index contributed by atoms with van der Waals surface area (Å²) in [6, 6.07) is 5.14. The molecule has 1 aromatic carbocycles. The van der Waals surface area contributed by atoms with Crippen molar-refractivity contribution in [3.63, 3.8) is 0 Å². The number of benzene rings is 1. The summed E-state index contributed by atoms with van der Waals surface area (Å²) < 4.78 is 10.5. The highest BCUT2D eigenvalue weighted by molar-refractivity contribution is 6.01. The van der Waals surface area contributed by atoms with Crippen LogP contribution in [0, 0.1) is 0 Å². The van der Waals surface area contributed by atoms with Crippen molar-refractivity contribution in [3.05, 3.63) is 23.8 Å². The first-order valence-corrected chi connectivity index (χ1v) is 6.68. The van der Waals surface area contributed by atoms with E-state index in [1.165, 1.54) is 0 Å². The highest BCUT2D eigenvalue weighted by atomic mass is 16.5. The van der Waals surface area contributed by atoms with Gasteiger partial charge in [-0.2, -0.15) is 0 Å². The van der Waals surface area contributed by atoms with E-state index in [4.69, 9.17) is 20.3 Å². The van der Waals surface area contributed by atoms with Crippen LogP contribution in [0.3, 0.4) is 0 Å². The molecule has 6 nitrogen and oxygen atoms in total. The number of anilines is 1. The van der Waals surface area contributed by atoms with Crippen LogP contribution in [-0.4, -0.2) is 44.0 Å². The summed E-state index contributed by atoms with van der Waals surface area (Å²) in [7, 11) is 0. The molecule has 0 saturated heterocycles. The van der Waals surface area contributed by atoms with Crippen LogP contribution < -0.4 is 15.8 Å². The van der Waals surface area contributed by atoms with Gasteiger partial charge in [0.25, 0.3) is 5.91 Å². The molecule has 0 aliphatic rings. The number of hydrogen-bond donors (Lipinski definition) is 3. The Morgan fingerprint density at radius 1 is 1.40 bits per heavy atom. The van der Waals surface area contributed by atoms with Gasteiger partial charge in [-0.1, -0.05) is 6.07 Å². The predicted molar refractivity (Wildman–Crippen MR) is 76.9 cm³/mol. The van der Waals surface area contributed by atoms with Crippen molar-refractivity contribution in [1.82, 2.24) is 5.32 Å². The lowest BCUT2D eigenvalue weighted by Gasteiger charge is -2.12. The molecule has 0 fully saturated rings. The molecule has 1 rings (SSSR count). The minimum absolute atomic E-state index is 0.00459. The maximum atomic E-state index is 12.1. The molecule has 1 amide bonds. The average molecular weight is 282 g/mol. The predicted octanol–water partition coefficient (Wildman–Crippen LogP) is 0.796. The Bertz CT molecular complexity index is 424. The summed E-state index contributed by atoms with van der Waals surface area (Å²) in [6.45, 7) is 3.61. The topological polar surface area (TPSA) is 93.8 Å². The number of carbonyl (C=O) groups excluding carboxylic acids is 1. The Morgan fingerprint density at radius 3 is 2.90 bits per heavy atom. The van der Waals surface area contributed by atoms with Gasteiger partial charge in [0.2, 0.25) is 0 Å². The summed E-state index contributed by atoms with van der Waals surface area (Å²) >= 11 is 0. The first-order chi connectivity index (χ1) is 9.70. The van der Waals surface area contributed by atoms with Gasteiger partial charge in [0.05, 0.1) is 19.8 Å². The van der Waals surface area contributed by atoms with Crippen LogP contribution >= 0.6 is 0 Å². The Labute approximate surface area is 118 Å². The summed E-state index contributed by atoms with van der Waals surface area (Å²) in [4.78, 5) is 12.1. The molecular weight excluding hydrogens is 260 g/mol. The largest absolute Gasteiger partial charge is 0.493 e. The quantitative estimate of drug-likeness (QED) is 0.460. The molecule has 112 valence electrons. The van der Waals surface area contributed by atoms with E-state index < -0.39 is 0 Å². The van der Waals surface area contributed by atoms with Crippen molar-refractivity contribution in [2.75, 3.05) is 38.7 Å². The van der Waals surface area contributed by atoms with E-state index >= 15 is 0 Å². The first-order valence-electron chi connectivity index (χ1n) is 6.68. The lowest BCUT2D eigenvalue weighted by molar-refractivity contribution is 0.0866. The molecule has 0 heterocycles. The van der Waals surface area contributed by atoms with Crippen LogP contribution in [-0.2, 0) is 4.74 Å². The van der Waals surface area contributed by atoms with Crippen LogP contribution in [0.4, 0.5) is 5.69 Å². The number of nitrogens with one attached hydrogen (secondary N) is 1.